The number of amides is 4. The molecule has 2 unspecified atom stereocenters. The lowest BCUT2D eigenvalue weighted by atomic mass is 10.0. The van der Waals surface area contributed by atoms with Crippen LogP contribution in [0.1, 0.15) is 18.7 Å². The highest BCUT2D eigenvalue weighted by Crippen LogP contribution is 2.30. The first-order valence-electron chi connectivity index (χ1n) is 8.37. The Morgan fingerprint density at radius 3 is 2.79 bits per heavy atom. The first kappa shape index (κ1) is 20.8. The summed E-state index contributed by atoms with van der Waals surface area (Å²) in [7, 11) is -4.86. The van der Waals surface area contributed by atoms with E-state index in [1.54, 1.807) is 0 Å². The number of piperidine rings is 1. The van der Waals surface area contributed by atoms with Crippen LogP contribution in [0.25, 0.3) is 0 Å². The summed E-state index contributed by atoms with van der Waals surface area (Å²) in [5.41, 5.74) is 7.23. The number of tetrazole rings is 1. The standard InChI is InChI=1S/C12H18N8O8S/c13-9(21)5-10-14-17-19(15-10)3-4-27-16-11(22)8-2-1-7-6-18(8)12(23)20(7)28-29(24,25)26/h7-8H,1-6H2,(H2,13,21)(H,16,22)(H,24,25,26). The van der Waals surface area contributed by atoms with Crippen molar-refractivity contribution in [1.82, 2.24) is 35.7 Å². The van der Waals surface area contributed by atoms with E-state index in [4.69, 9.17) is 15.1 Å². The van der Waals surface area contributed by atoms with Crippen LogP contribution < -0.4 is 11.2 Å². The van der Waals surface area contributed by atoms with Crippen molar-refractivity contribution in [3.05, 3.63) is 5.82 Å². The third-order valence-electron chi connectivity index (χ3n) is 4.19. The minimum Gasteiger partial charge on any atom is -0.369 e. The van der Waals surface area contributed by atoms with Gasteiger partial charge in [0.1, 0.15) is 6.04 Å². The SMILES string of the molecule is NC(=O)Cc1nnn(CCONC(=O)C2CCC3CN2C(=O)N3OS(=O)(=O)O)n1. The lowest BCUT2D eigenvalue weighted by Crippen LogP contribution is -2.49. The number of hydroxylamine groups is 3. The number of fused-ring (bicyclic) bond motifs is 2. The highest BCUT2D eigenvalue weighted by Gasteiger charge is 2.49. The van der Waals surface area contributed by atoms with Crippen molar-refractivity contribution in [2.24, 2.45) is 5.73 Å². The number of aromatic nitrogens is 4. The van der Waals surface area contributed by atoms with Crippen molar-refractivity contribution in [2.45, 2.75) is 37.9 Å². The number of carbonyl (C=O) groups is 3. The maximum Gasteiger partial charge on any atom is 0.418 e. The van der Waals surface area contributed by atoms with E-state index in [0.717, 1.165) is 9.70 Å². The zero-order chi connectivity index (χ0) is 21.2. The Morgan fingerprint density at radius 2 is 2.10 bits per heavy atom. The molecule has 0 radical (unpaired) electrons. The summed E-state index contributed by atoms with van der Waals surface area (Å²) in [5.74, 6) is -1.05. The molecule has 3 rings (SSSR count). The number of rotatable bonds is 9. The van der Waals surface area contributed by atoms with Gasteiger partial charge in [0.05, 0.1) is 25.6 Å². The van der Waals surface area contributed by atoms with Crippen LogP contribution in [0.5, 0.6) is 0 Å². The van der Waals surface area contributed by atoms with Crippen LogP contribution in [-0.2, 0) is 42.1 Å². The first-order valence-corrected chi connectivity index (χ1v) is 9.74. The fraction of sp³-hybridized carbons (Fsp3) is 0.667. The molecule has 3 heterocycles. The highest BCUT2D eigenvalue weighted by atomic mass is 32.3. The van der Waals surface area contributed by atoms with Crippen LogP contribution >= 0.6 is 0 Å². The van der Waals surface area contributed by atoms with Crippen LogP contribution in [-0.4, -0.2) is 86.2 Å². The van der Waals surface area contributed by atoms with Gasteiger partial charge in [0.15, 0.2) is 5.82 Å². The lowest BCUT2D eigenvalue weighted by Gasteiger charge is -2.28. The summed E-state index contributed by atoms with van der Waals surface area (Å²) >= 11 is 0. The van der Waals surface area contributed by atoms with E-state index < -0.39 is 40.3 Å². The molecule has 4 N–H and O–H groups in total. The van der Waals surface area contributed by atoms with Gasteiger partial charge in [-0.05, 0) is 18.1 Å². The zero-order valence-corrected chi connectivity index (χ0v) is 15.7. The van der Waals surface area contributed by atoms with Crippen LogP contribution in [0.3, 0.4) is 0 Å². The van der Waals surface area contributed by atoms with E-state index in [2.05, 4.69) is 25.2 Å². The Balaban J connectivity index is 1.46. The highest BCUT2D eigenvalue weighted by molar-refractivity contribution is 7.80. The number of hydrogen-bond donors (Lipinski definition) is 3. The first-order chi connectivity index (χ1) is 13.6. The van der Waals surface area contributed by atoms with E-state index >= 15 is 0 Å². The van der Waals surface area contributed by atoms with Crippen LogP contribution in [0.15, 0.2) is 0 Å². The quantitative estimate of drug-likeness (QED) is 0.199. The third kappa shape index (κ3) is 5.13. The average Bonchev–Trinajstić information content (AvgIpc) is 3.15. The predicted octanol–water partition coefficient (Wildman–Crippen LogP) is -3.25. The van der Waals surface area contributed by atoms with Crippen molar-refractivity contribution in [3.63, 3.8) is 0 Å². The summed E-state index contributed by atoms with van der Waals surface area (Å²) in [6, 6.07) is -2.33. The molecule has 0 spiro atoms. The third-order valence-corrected chi connectivity index (χ3v) is 4.54. The second-order valence-electron chi connectivity index (χ2n) is 6.27. The minimum atomic E-state index is -4.86. The zero-order valence-electron chi connectivity index (χ0n) is 14.9. The molecule has 4 amide bonds. The number of nitrogens with zero attached hydrogens (tertiary/aromatic N) is 6. The largest absolute Gasteiger partial charge is 0.418 e. The van der Waals surface area contributed by atoms with E-state index in [0.29, 0.717) is 11.5 Å². The molecule has 0 aromatic carbocycles. The fourth-order valence-corrected chi connectivity index (χ4v) is 3.41. The fourth-order valence-electron chi connectivity index (χ4n) is 3.02. The summed E-state index contributed by atoms with van der Waals surface area (Å²) in [4.78, 5) is 42.7. The van der Waals surface area contributed by atoms with Gasteiger partial charge in [0.2, 0.25) is 5.91 Å². The van der Waals surface area contributed by atoms with Crippen LogP contribution in [0.4, 0.5) is 4.79 Å². The molecule has 17 heteroatoms. The summed E-state index contributed by atoms with van der Waals surface area (Å²) in [5, 5.41) is 11.8. The van der Waals surface area contributed by atoms with E-state index in [1.165, 1.54) is 0 Å². The summed E-state index contributed by atoms with van der Waals surface area (Å²) in [6.07, 6.45) is 0.391. The maximum absolute atomic E-state index is 12.3. The Hall–Kier alpha value is -2.89. The van der Waals surface area contributed by atoms with E-state index in [9.17, 15) is 22.8 Å². The van der Waals surface area contributed by atoms with Gasteiger partial charge in [-0.25, -0.2) is 10.3 Å². The summed E-state index contributed by atoms with van der Waals surface area (Å²) < 4.78 is 34.8. The second-order valence-corrected chi connectivity index (χ2v) is 7.27. The Kier molecular flexibility index (Phi) is 5.91. The normalized spacial score (nSPS) is 21.5. The van der Waals surface area contributed by atoms with Gasteiger partial charge in [-0.15, -0.1) is 14.5 Å². The predicted molar refractivity (Wildman–Crippen MR) is 88.2 cm³/mol. The number of urea groups is 1. The van der Waals surface area contributed by atoms with Gasteiger partial charge in [-0.1, -0.05) is 0 Å². The number of nitrogens with one attached hydrogen (secondary N) is 1. The smallest absolute Gasteiger partial charge is 0.369 e. The Bertz CT molecular complexity index is 903. The molecule has 0 saturated carbocycles. The van der Waals surface area contributed by atoms with E-state index in [1.807, 2.05) is 0 Å². The molecule has 2 aliphatic rings. The Labute approximate surface area is 163 Å². The molecule has 2 atom stereocenters. The monoisotopic (exact) mass is 434 g/mol. The number of carbonyl (C=O) groups excluding carboxylic acids is 3. The Morgan fingerprint density at radius 1 is 1.34 bits per heavy atom. The molecule has 1 aromatic rings. The van der Waals surface area contributed by atoms with Gasteiger partial charge in [-0.3, -0.25) is 19.0 Å². The number of nitrogens with two attached hydrogens (primary N) is 1. The second kappa shape index (κ2) is 8.23. The molecule has 2 saturated heterocycles. The van der Waals surface area contributed by atoms with Gasteiger partial charge in [-0.2, -0.15) is 18.3 Å². The number of primary amides is 1. The molecular weight excluding hydrogens is 416 g/mol. The molecule has 1 aromatic heterocycles. The summed E-state index contributed by atoms with van der Waals surface area (Å²) in [6.45, 7) is 0.161. The van der Waals surface area contributed by atoms with Crippen LogP contribution in [0.2, 0.25) is 0 Å². The van der Waals surface area contributed by atoms with Crippen molar-refractivity contribution in [3.8, 4) is 0 Å². The van der Waals surface area contributed by atoms with Crippen molar-refractivity contribution < 1.29 is 36.5 Å². The lowest BCUT2D eigenvalue weighted by molar-refractivity contribution is -0.139. The molecule has 0 aliphatic carbocycles. The number of hydrogen-bond acceptors (Lipinski definition) is 10. The minimum absolute atomic E-state index is 0.0284. The molecule has 16 nitrogen and oxygen atoms in total. The van der Waals surface area contributed by atoms with E-state index in [-0.39, 0.29) is 38.4 Å². The average molecular weight is 434 g/mol. The van der Waals surface area contributed by atoms with Crippen molar-refractivity contribution in [2.75, 3.05) is 13.2 Å². The van der Waals surface area contributed by atoms with Gasteiger partial charge in [0.25, 0.3) is 5.91 Å². The topological polar surface area (TPSA) is 212 Å². The molecule has 2 aliphatic heterocycles. The van der Waals surface area contributed by atoms with Gasteiger partial charge >= 0.3 is 16.4 Å². The van der Waals surface area contributed by atoms with Gasteiger partial charge in [0, 0.05) is 6.54 Å². The maximum atomic E-state index is 12.3. The molecular formula is C12H18N8O8S. The van der Waals surface area contributed by atoms with Crippen molar-refractivity contribution >= 4 is 28.2 Å². The van der Waals surface area contributed by atoms with Gasteiger partial charge < -0.3 is 10.6 Å². The molecule has 2 bridgehead atoms. The van der Waals surface area contributed by atoms with Crippen LogP contribution in [0, 0.1) is 0 Å². The van der Waals surface area contributed by atoms with Crippen molar-refractivity contribution in [1.29, 1.82) is 0 Å². The molecule has 160 valence electrons. The molecule has 29 heavy (non-hydrogen) atoms. The molecule has 2 fully saturated rings.